The minimum atomic E-state index is -0.302. The van der Waals surface area contributed by atoms with Crippen molar-refractivity contribution in [3.05, 3.63) is 89.2 Å². The highest BCUT2D eigenvalue weighted by molar-refractivity contribution is 6.12. The fraction of sp³-hybridized carbons (Fsp3) is 0.154. The van der Waals surface area contributed by atoms with E-state index in [-0.39, 0.29) is 23.9 Å². The normalized spacial score (nSPS) is 10.7. The van der Waals surface area contributed by atoms with Gasteiger partial charge < -0.3 is 19.2 Å². The summed E-state index contributed by atoms with van der Waals surface area (Å²) < 4.78 is 16.5. The van der Waals surface area contributed by atoms with Crippen LogP contribution in [-0.2, 0) is 11.2 Å². The van der Waals surface area contributed by atoms with Gasteiger partial charge in [0.25, 0.3) is 0 Å². The zero-order valence-electron chi connectivity index (χ0n) is 18.1. The van der Waals surface area contributed by atoms with Gasteiger partial charge in [0.2, 0.25) is 11.7 Å². The quantitative estimate of drug-likeness (QED) is 0.410. The summed E-state index contributed by atoms with van der Waals surface area (Å²) in [7, 11) is 3.05. The number of furan rings is 1. The molecule has 0 bridgehead atoms. The van der Waals surface area contributed by atoms with Crippen LogP contribution in [-0.4, -0.2) is 25.9 Å². The first kappa shape index (κ1) is 21.2. The smallest absolute Gasteiger partial charge is 0.232 e. The third kappa shape index (κ3) is 4.21. The summed E-state index contributed by atoms with van der Waals surface area (Å²) in [4.78, 5) is 25.6. The molecule has 1 amide bonds. The average Bonchev–Trinajstić information content (AvgIpc) is 3.14. The highest BCUT2D eigenvalue weighted by Gasteiger charge is 2.23. The van der Waals surface area contributed by atoms with Gasteiger partial charge in [0.15, 0.2) is 5.76 Å². The lowest BCUT2D eigenvalue weighted by atomic mass is 10.0. The van der Waals surface area contributed by atoms with Crippen LogP contribution in [0.5, 0.6) is 11.5 Å². The Morgan fingerprint density at radius 2 is 1.72 bits per heavy atom. The number of hydrogen-bond acceptors (Lipinski definition) is 5. The molecule has 4 rings (SSSR count). The topological polar surface area (TPSA) is 77.8 Å². The highest BCUT2D eigenvalue weighted by Crippen LogP contribution is 2.32. The number of benzene rings is 3. The van der Waals surface area contributed by atoms with Crippen molar-refractivity contribution in [3.8, 4) is 11.5 Å². The van der Waals surface area contributed by atoms with E-state index in [9.17, 15) is 9.59 Å². The summed E-state index contributed by atoms with van der Waals surface area (Å²) in [5, 5.41) is 3.69. The van der Waals surface area contributed by atoms with E-state index in [4.69, 9.17) is 13.9 Å². The molecule has 1 N–H and O–H groups in total. The predicted molar refractivity (Wildman–Crippen MR) is 123 cm³/mol. The molecule has 0 saturated heterocycles. The van der Waals surface area contributed by atoms with Gasteiger partial charge in [-0.15, -0.1) is 0 Å². The molecule has 0 aliphatic heterocycles. The fourth-order valence-corrected chi connectivity index (χ4v) is 3.62. The number of methoxy groups -OCH3 is 2. The first-order valence-electron chi connectivity index (χ1n) is 10.1. The SMILES string of the molecule is COc1ccc(OC)c(C(=O)c2oc3cc(NC(=O)Cc4ccccc4)ccc3c2C)c1. The average molecular weight is 429 g/mol. The third-order valence-corrected chi connectivity index (χ3v) is 5.29. The standard InChI is InChI=1S/C26H23NO5/c1-16-20-11-9-18(27-24(28)13-17-7-5-4-6-8-17)14-23(20)32-26(16)25(29)21-15-19(30-2)10-12-22(21)31-3/h4-12,14-15H,13H2,1-3H3,(H,27,28). The Morgan fingerprint density at radius 1 is 0.938 bits per heavy atom. The van der Waals surface area contributed by atoms with Crippen molar-refractivity contribution in [2.75, 3.05) is 19.5 Å². The number of fused-ring (bicyclic) bond motifs is 1. The Labute approximate surface area is 185 Å². The second-order valence-corrected chi connectivity index (χ2v) is 7.37. The van der Waals surface area contributed by atoms with Crippen LogP contribution in [0.1, 0.15) is 27.2 Å². The minimum absolute atomic E-state index is 0.128. The molecule has 0 saturated carbocycles. The molecule has 1 aromatic heterocycles. The number of aryl methyl sites for hydroxylation is 1. The molecule has 1 heterocycles. The molecule has 0 aliphatic carbocycles. The van der Waals surface area contributed by atoms with Crippen molar-refractivity contribution < 1.29 is 23.5 Å². The Bertz CT molecular complexity index is 1290. The van der Waals surface area contributed by atoms with Crippen molar-refractivity contribution >= 4 is 28.3 Å². The van der Waals surface area contributed by atoms with Gasteiger partial charge in [-0.05, 0) is 42.8 Å². The minimum Gasteiger partial charge on any atom is -0.497 e. The van der Waals surface area contributed by atoms with E-state index >= 15 is 0 Å². The molecule has 0 atom stereocenters. The lowest BCUT2D eigenvalue weighted by Gasteiger charge is -2.08. The number of rotatable bonds is 7. The van der Waals surface area contributed by atoms with Gasteiger partial charge in [-0.2, -0.15) is 0 Å². The van der Waals surface area contributed by atoms with Crippen molar-refractivity contribution in [1.29, 1.82) is 0 Å². The summed E-state index contributed by atoms with van der Waals surface area (Å²) in [6.07, 6.45) is 0.273. The van der Waals surface area contributed by atoms with Gasteiger partial charge in [0, 0.05) is 22.7 Å². The molecule has 162 valence electrons. The van der Waals surface area contributed by atoms with E-state index in [0.29, 0.717) is 28.3 Å². The highest BCUT2D eigenvalue weighted by atomic mass is 16.5. The maximum Gasteiger partial charge on any atom is 0.232 e. The van der Waals surface area contributed by atoms with Crippen LogP contribution >= 0.6 is 0 Å². The molecule has 0 aliphatic rings. The lowest BCUT2D eigenvalue weighted by Crippen LogP contribution is -2.14. The van der Waals surface area contributed by atoms with Gasteiger partial charge in [0.05, 0.1) is 26.2 Å². The van der Waals surface area contributed by atoms with Gasteiger partial charge in [0.1, 0.15) is 17.1 Å². The number of ether oxygens (including phenoxy) is 2. The molecule has 3 aromatic carbocycles. The molecule has 4 aromatic rings. The van der Waals surface area contributed by atoms with E-state index in [1.165, 1.54) is 14.2 Å². The van der Waals surface area contributed by atoms with Gasteiger partial charge in [-0.1, -0.05) is 30.3 Å². The lowest BCUT2D eigenvalue weighted by molar-refractivity contribution is -0.115. The number of carbonyl (C=O) groups excluding carboxylic acids is 2. The summed E-state index contributed by atoms with van der Waals surface area (Å²) >= 11 is 0. The van der Waals surface area contributed by atoms with Gasteiger partial charge >= 0.3 is 0 Å². The van der Waals surface area contributed by atoms with E-state index in [0.717, 1.165) is 16.5 Å². The zero-order chi connectivity index (χ0) is 22.7. The Hall–Kier alpha value is -4.06. The van der Waals surface area contributed by atoms with Crippen LogP contribution in [0.3, 0.4) is 0 Å². The van der Waals surface area contributed by atoms with Crippen LogP contribution in [0, 0.1) is 6.92 Å². The second kappa shape index (κ2) is 8.98. The van der Waals surface area contributed by atoms with Crippen LogP contribution in [0.25, 0.3) is 11.0 Å². The van der Waals surface area contributed by atoms with Crippen LogP contribution < -0.4 is 14.8 Å². The molecule has 6 nitrogen and oxygen atoms in total. The number of ketones is 1. The van der Waals surface area contributed by atoms with Crippen molar-refractivity contribution in [3.63, 3.8) is 0 Å². The molecular formula is C26H23NO5. The van der Waals surface area contributed by atoms with E-state index in [1.807, 2.05) is 43.3 Å². The molecule has 6 heteroatoms. The number of anilines is 1. The molecule has 0 fully saturated rings. The first-order valence-corrected chi connectivity index (χ1v) is 10.1. The Kier molecular flexibility index (Phi) is 5.94. The molecule has 0 radical (unpaired) electrons. The number of hydrogen-bond donors (Lipinski definition) is 1. The second-order valence-electron chi connectivity index (χ2n) is 7.37. The third-order valence-electron chi connectivity index (χ3n) is 5.29. The fourth-order valence-electron chi connectivity index (χ4n) is 3.62. The maximum absolute atomic E-state index is 13.3. The van der Waals surface area contributed by atoms with E-state index in [1.54, 1.807) is 30.3 Å². The maximum atomic E-state index is 13.3. The molecule has 32 heavy (non-hydrogen) atoms. The number of amides is 1. The number of nitrogens with one attached hydrogen (secondary N) is 1. The van der Waals surface area contributed by atoms with Crippen molar-refractivity contribution in [1.82, 2.24) is 0 Å². The Morgan fingerprint density at radius 3 is 2.44 bits per heavy atom. The molecule has 0 spiro atoms. The summed E-state index contributed by atoms with van der Waals surface area (Å²) in [5.74, 6) is 0.774. The molecular weight excluding hydrogens is 406 g/mol. The van der Waals surface area contributed by atoms with Crippen LogP contribution in [0.2, 0.25) is 0 Å². The predicted octanol–water partition coefficient (Wildman–Crippen LogP) is 5.17. The monoisotopic (exact) mass is 429 g/mol. The Balaban J connectivity index is 1.62. The van der Waals surface area contributed by atoms with Gasteiger partial charge in [-0.25, -0.2) is 0 Å². The van der Waals surface area contributed by atoms with E-state index < -0.39 is 0 Å². The summed E-state index contributed by atoms with van der Waals surface area (Å²) in [6, 6.07) is 19.9. The summed E-state index contributed by atoms with van der Waals surface area (Å²) in [5.41, 5.74) is 3.12. The van der Waals surface area contributed by atoms with Crippen LogP contribution in [0.15, 0.2) is 71.1 Å². The van der Waals surface area contributed by atoms with Crippen molar-refractivity contribution in [2.24, 2.45) is 0 Å². The molecule has 0 unspecified atom stereocenters. The number of carbonyl (C=O) groups is 2. The van der Waals surface area contributed by atoms with Gasteiger partial charge in [-0.3, -0.25) is 9.59 Å². The summed E-state index contributed by atoms with van der Waals surface area (Å²) in [6.45, 7) is 1.83. The first-order chi connectivity index (χ1) is 15.5. The largest absolute Gasteiger partial charge is 0.497 e. The van der Waals surface area contributed by atoms with E-state index in [2.05, 4.69) is 5.32 Å². The van der Waals surface area contributed by atoms with Crippen molar-refractivity contribution in [2.45, 2.75) is 13.3 Å². The zero-order valence-corrected chi connectivity index (χ0v) is 18.1. The van der Waals surface area contributed by atoms with Crippen LogP contribution in [0.4, 0.5) is 5.69 Å².